The van der Waals surface area contributed by atoms with E-state index in [2.05, 4.69) is 25.8 Å². The normalized spacial score (nSPS) is 16.3. The highest BCUT2D eigenvalue weighted by Gasteiger charge is 2.17. The molecule has 0 aromatic carbocycles. The van der Waals surface area contributed by atoms with Crippen LogP contribution in [0.2, 0.25) is 0 Å². The second-order valence-electron chi connectivity index (χ2n) is 5.07. The number of nitrogens with zero attached hydrogens (tertiary/aromatic N) is 4. The van der Waals surface area contributed by atoms with Gasteiger partial charge in [0.05, 0.1) is 11.9 Å². The van der Waals surface area contributed by atoms with Gasteiger partial charge in [-0.05, 0) is 23.8 Å². The Balaban J connectivity index is 1.55. The fourth-order valence-electron chi connectivity index (χ4n) is 2.47. The highest BCUT2D eigenvalue weighted by Crippen LogP contribution is 2.15. The average molecular weight is 269 g/mol. The Labute approximate surface area is 119 Å². The summed E-state index contributed by atoms with van der Waals surface area (Å²) in [6, 6.07) is 8.02. The van der Waals surface area contributed by atoms with Crippen LogP contribution < -0.4 is 10.6 Å². The molecule has 1 aliphatic heterocycles. The van der Waals surface area contributed by atoms with Crippen LogP contribution in [0.25, 0.3) is 0 Å². The zero-order valence-corrected chi connectivity index (χ0v) is 11.4. The molecular formula is C15H19N5. The molecule has 0 amide bonds. The molecule has 0 spiro atoms. The van der Waals surface area contributed by atoms with Crippen molar-refractivity contribution < 1.29 is 0 Å². The van der Waals surface area contributed by atoms with Crippen LogP contribution in [0, 0.1) is 0 Å². The lowest BCUT2D eigenvalue weighted by molar-refractivity contribution is 0.249. The Morgan fingerprint density at radius 3 is 2.55 bits per heavy atom. The van der Waals surface area contributed by atoms with Crippen LogP contribution in [0.5, 0.6) is 0 Å². The minimum Gasteiger partial charge on any atom is -0.397 e. The van der Waals surface area contributed by atoms with Crippen LogP contribution in [0.4, 0.5) is 11.5 Å². The van der Waals surface area contributed by atoms with E-state index in [0.717, 1.165) is 38.5 Å². The Kier molecular flexibility index (Phi) is 3.78. The molecule has 0 atom stereocenters. The Morgan fingerprint density at radius 1 is 1.05 bits per heavy atom. The third-order valence-electron chi connectivity index (χ3n) is 3.60. The molecule has 0 radical (unpaired) electrons. The molecule has 2 aromatic rings. The molecule has 1 aliphatic rings. The molecule has 3 rings (SSSR count). The predicted octanol–water partition coefficient (Wildman–Crippen LogP) is 1.38. The van der Waals surface area contributed by atoms with Gasteiger partial charge in [0.2, 0.25) is 0 Å². The highest BCUT2D eigenvalue weighted by atomic mass is 15.3. The minimum atomic E-state index is 0.712. The van der Waals surface area contributed by atoms with Crippen molar-refractivity contribution >= 4 is 11.5 Å². The topological polar surface area (TPSA) is 58.3 Å². The number of hydrogen-bond donors (Lipinski definition) is 1. The van der Waals surface area contributed by atoms with Crippen molar-refractivity contribution in [1.82, 2.24) is 14.9 Å². The molecule has 0 bridgehead atoms. The van der Waals surface area contributed by atoms with Crippen molar-refractivity contribution in [2.24, 2.45) is 0 Å². The van der Waals surface area contributed by atoms with Crippen LogP contribution in [0.1, 0.15) is 5.56 Å². The Bertz CT molecular complexity index is 532. The van der Waals surface area contributed by atoms with Gasteiger partial charge in [-0.15, -0.1) is 0 Å². The predicted molar refractivity (Wildman–Crippen MR) is 80.4 cm³/mol. The molecule has 1 saturated heterocycles. The van der Waals surface area contributed by atoms with Crippen molar-refractivity contribution in [3.05, 3.63) is 48.4 Å². The van der Waals surface area contributed by atoms with Crippen molar-refractivity contribution in [2.75, 3.05) is 36.8 Å². The maximum absolute atomic E-state index is 5.67. The van der Waals surface area contributed by atoms with E-state index in [-0.39, 0.29) is 0 Å². The second kappa shape index (κ2) is 5.88. The number of hydrogen-bond acceptors (Lipinski definition) is 5. The van der Waals surface area contributed by atoms with Gasteiger partial charge in [0, 0.05) is 45.1 Å². The van der Waals surface area contributed by atoms with Gasteiger partial charge in [-0.25, -0.2) is 4.98 Å². The highest BCUT2D eigenvalue weighted by molar-refractivity contribution is 5.46. The number of nitrogen functional groups attached to an aromatic ring is 1. The molecule has 0 unspecified atom stereocenters. The van der Waals surface area contributed by atoms with Gasteiger partial charge in [-0.1, -0.05) is 6.07 Å². The maximum atomic E-state index is 5.67. The lowest BCUT2D eigenvalue weighted by atomic mass is 10.2. The summed E-state index contributed by atoms with van der Waals surface area (Å²) in [5.74, 6) is 1.01. The molecule has 5 nitrogen and oxygen atoms in total. The standard InChI is InChI=1S/C15H19N5/c16-14-3-4-15(18-11-14)20-8-6-19(7-9-20)12-13-2-1-5-17-10-13/h1-5,10-11H,6-9,12,16H2. The summed E-state index contributed by atoms with van der Waals surface area (Å²) in [5, 5.41) is 0. The van der Waals surface area contributed by atoms with Crippen molar-refractivity contribution in [1.29, 1.82) is 0 Å². The lowest BCUT2D eigenvalue weighted by Gasteiger charge is -2.35. The summed E-state index contributed by atoms with van der Waals surface area (Å²) in [4.78, 5) is 13.3. The smallest absolute Gasteiger partial charge is 0.128 e. The van der Waals surface area contributed by atoms with Gasteiger partial charge in [0.15, 0.2) is 0 Å². The summed E-state index contributed by atoms with van der Waals surface area (Å²) >= 11 is 0. The summed E-state index contributed by atoms with van der Waals surface area (Å²) in [5.41, 5.74) is 7.65. The van der Waals surface area contributed by atoms with E-state index in [1.54, 1.807) is 6.20 Å². The van der Waals surface area contributed by atoms with E-state index >= 15 is 0 Å². The first-order valence-corrected chi connectivity index (χ1v) is 6.89. The van der Waals surface area contributed by atoms with Gasteiger partial charge in [-0.3, -0.25) is 9.88 Å². The van der Waals surface area contributed by atoms with E-state index in [9.17, 15) is 0 Å². The number of nitrogens with two attached hydrogens (primary N) is 1. The minimum absolute atomic E-state index is 0.712. The molecule has 3 heterocycles. The van der Waals surface area contributed by atoms with Crippen LogP contribution in [-0.2, 0) is 6.54 Å². The molecular weight excluding hydrogens is 250 g/mol. The van der Waals surface area contributed by atoms with Crippen LogP contribution in [-0.4, -0.2) is 41.0 Å². The van der Waals surface area contributed by atoms with Gasteiger partial charge in [-0.2, -0.15) is 0 Å². The van der Waals surface area contributed by atoms with Crippen LogP contribution in [0.15, 0.2) is 42.9 Å². The zero-order valence-electron chi connectivity index (χ0n) is 11.4. The second-order valence-corrected chi connectivity index (χ2v) is 5.07. The molecule has 0 aliphatic carbocycles. The first kappa shape index (κ1) is 12.9. The summed E-state index contributed by atoms with van der Waals surface area (Å²) in [6.45, 7) is 5.05. The third-order valence-corrected chi connectivity index (χ3v) is 3.60. The third kappa shape index (κ3) is 3.05. The molecule has 2 aromatic heterocycles. The fraction of sp³-hybridized carbons (Fsp3) is 0.333. The van der Waals surface area contributed by atoms with Gasteiger partial charge in [0.25, 0.3) is 0 Å². The van der Waals surface area contributed by atoms with E-state index < -0.39 is 0 Å². The average Bonchev–Trinajstić information content (AvgIpc) is 2.50. The maximum Gasteiger partial charge on any atom is 0.128 e. The monoisotopic (exact) mass is 269 g/mol. The molecule has 2 N–H and O–H groups in total. The van der Waals surface area contributed by atoms with Crippen molar-refractivity contribution in [3.8, 4) is 0 Å². The first-order chi connectivity index (χ1) is 9.81. The molecule has 0 saturated carbocycles. The first-order valence-electron chi connectivity index (χ1n) is 6.89. The van der Waals surface area contributed by atoms with E-state index in [1.807, 2.05) is 30.6 Å². The van der Waals surface area contributed by atoms with Crippen LogP contribution >= 0.6 is 0 Å². The Hall–Kier alpha value is -2.14. The summed E-state index contributed by atoms with van der Waals surface area (Å²) < 4.78 is 0. The lowest BCUT2D eigenvalue weighted by Crippen LogP contribution is -2.46. The fourth-order valence-corrected chi connectivity index (χ4v) is 2.47. The van der Waals surface area contributed by atoms with Gasteiger partial charge < -0.3 is 10.6 Å². The molecule has 5 heteroatoms. The zero-order chi connectivity index (χ0) is 13.8. The number of anilines is 2. The van der Waals surface area contributed by atoms with E-state index in [4.69, 9.17) is 5.73 Å². The summed E-state index contributed by atoms with van der Waals surface area (Å²) in [6.07, 6.45) is 5.47. The molecule has 104 valence electrons. The van der Waals surface area contributed by atoms with Crippen LogP contribution in [0.3, 0.4) is 0 Å². The molecule has 1 fully saturated rings. The summed E-state index contributed by atoms with van der Waals surface area (Å²) in [7, 11) is 0. The van der Waals surface area contributed by atoms with Crippen molar-refractivity contribution in [2.45, 2.75) is 6.54 Å². The Morgan fingerprint density at radius 2 is 1.90 bits per heavy atom. The molecule has 20 heavy (non-hydrogen) atoms. The SMILES string of the molecule is Nc1ccc(N2CCN(Cc3cccnc3)CC2)nc1. The quantitative estimate of drug-likeness (QED) is 0.912. The van der Waals surface area contributed by atoms with Gasteiger partial charge >= 0.3 is 0 Å². The largest absolute Gasteiger partial charge is 0.397 e. The number of pyridine rings is 2. The number of aromatic nitrogens is 2. The number of rotatable bonds is 3. The number of piperazine rings is 1. The van der Waals surface area contributed by atoms with E-state index in [0.29, 0.717) is 5.69 Å². The van der Waals surface area contributed by atoms with Crippen molar-refractivity contribution in [3.63, 3.8) is 0 Å². The van der Waals surface area contributed by atoms with Gasteiger partial charge in [0.1, 0.15) is 5.82 Å². The van der Waals surface area contributed by atoms with E-state index in [1.165, 1.54) is 5.56 Å².